The first kappa shape index (κ1) is 17.8. The van der Waals surface area contributed by atoms with Gasteiger partial charge in [-0.25, -0.2) is 0 Å². The Balaban J connectivity index is 2.52. The lowest BCUT2D eigenvalue weighted by Crippen LogP contribution is -2.45. The highest BCUT2D eigenvalue weighted by molar-refractivity contribution is 4.84. The van der Waals surface area contributed by atoms with Crippen LogP contribution < -0.4 is 5.32 Å². The van der Waals surface area contributed by atoms with Crippen LogP contribution in [0, 0.1) is 11.8 Å². The fourth-order valence-electron chi connectivity index (χ4n) is 3.24. The van der Waals surface area contributed by atoms with Crippen LogP contribution in [0.2, 0.25) is 0 Å². The third-order valence-electron chi connectivity index (χ3n) is 4.23. The van der Waals surface area contributed by atoms with Crippen molar-refractivity contribution in [3.05, 3.63) is 0 Å². The third kappa shape index (κ3) is 6.44. The number of alkyl halides is 3. The predicted molar refractivity (Wildman–Crippen MR) is 74.7 cm³/mol. The average molecular weight is 295 g/mol. The van der Waals surface area contributed by atoms with E-state index in [1.54, 1.807) is 0 Å². The van der Waals surface area contributed by atoms with Gasteiger partial charge in [-0.05, 0) is 31.2 Å². The molecule has 3 atom stereocenters. The molecular weight excluding hydrogens is 267 g/mol. The molecule has 0 heterocycles. The van der Waals surface area contributed by atoms with E-state index >= 15 is 0 Å². The first-order valence-electron chi connectivity index (χ1n) is 7.85. The summed E-state index contributed by atoms with van der Waals surface area (Å²) in [5, 5.41) is 3.40. The van der Waals surface area contributed by atoms with E-state index in [4.69, 9.17) is 4.74 Å². The molecule has 0 amide bonds. The highest BCUT2D eigenvalue weighted by Gasteiger charge is 2.32. The molecule has 3 unspecified atom stereocenters. The van der Waals surface area contributed by atoms with Crippen LogP contribution in [-0.4, -0.2) is 32.0 Å². The minimum Gasteiger partial charge on any atom is -0.370 e. The topological polar surface area (TPSA) is 21.3 Å². The van der Waals surface area contributed by atoms with E-state index in [0.717, 1.165) is 25.8 Å². The number of hydrogen-bond donors (Lipinski definition) is 1. The van der Waals surface area contributed by atoms with E-state index in [-0.39, 0.29) is 12.6 Å². The van der Waals surface area contributed by atoms with Gasteiger partial charge in [0.1, 0.15) is 6.61 Å². The first-order chi connectivity index (χ1) is 9.48. The predicted octanol–water partition coefficient (Wildman–Crippen LogP) is 4.15. The van der Waals surface area contributed by atoms with Crippen molar-refractivity contribution >= 4 is 0 Å². The van der Waals surface area contributed by atoms with Crippen LogP contribution in [-0.2, 0) is 4.74 Å². The summed E-state index contributed by atoms with van der Waals surface area (Å²) in [5.41, 5.74) is 0. The summed E-state index contributed by atoms with van der Waals surface area (Å²) in [6.45, 7) is 4.11. The van der Waals surface area contributed by atoms with E-state index in [1.807, 2.05) is 0 Å². The van der Waals surface area contributed by atoms with Crippen LogP contribution in [0.5, 0.6) is 0 Å². The van der Waals surface area contributed by atoms with Crippen molar-refractivity contribution in [3.8, 4) is 0 Å². The largest absolute Gasteiger partial charge is 0.411 e. The zero-order valence-electron chi connectivity index (χ0n) is 12.6. The van der Waals surface area contributed by atoms with Crippen molar-refractivity contribution in [2.75, 3.05) is 19.8 Å². The molecular formula is C15H28F3NO. The first-order valence-corrected chi connectivity index (χ1v) is 7.85. The van der Waals surface area contributed by atoms with Crippen molar-refractivity contribution in [1.82, 2.24) is 5.32 Å². The van der Waals surface area contributed by atoms with Crippen LogP contribution >= 0.6 is 0 Å². The molecule has 0 spiro atoms. The minimum absolute atomic E-state index is 0.0579. The van der Waals surface area contributed by atoms with Crippen LogP contribution in [0.3, 0.4) is 0 Å². The lowest BCUT2D eigenvalue weighted by atomic mass is 9.74. The molecule has 2 nitrogen and oxygen atoms in total. The Morgan fingerprint density at radius 1 is 1.20 bits per heavy atom. The van der Waals surface area contributed by atoms with E-state index < -0.39 is 12.8 Å². The summed E-state index contributed by atoms with van der Waals surface area (Å²) in [4.78, 5) is 0. The lowest BCUT2D eigenvalue weighted by Gasteiger charge is -2.37. The molecule has 1 saturated carbocycles. The van der Waals surface area contributed by atoms with Gasteiger partial charge in [0.05, 0.1) is 6.61 Å². The zero-order chi connectivity index (χ0) is 15.0. The second kappa shape index (κ2) is 8.88. The van der Waals surface area contributed by atoms with Crippen molar-refractivity contribution < 1.29 is 17.9 Å². The highest BCUT2D eigenvalue weighted by Crippen LogP contribution is 2.34. The molecule has 0 aliphatic heterocycles. The lowest BCUT2D eigenvalue weighted by molar-refractivity contribution is -0.176. The highest BCUT2D eigenvalue weighted by atomic mass is 19.4. The summed E-state index contributed by atoms with van der Waals surface area (Å²) in [6.07, 6.45) is 2.60. The number of halogens is 3. The number of rotatable bonds is 8. The van der Waals surface area contributed by atoms with Gasteiger partial charge in [0.2, 0.25) is 0 Å². The number of ether oxygens (including phenoxy) is 1. The molecule has 0 saturated heterocycles. The maximum Gasteiger partial charge on any atom is 0.411 e. The maximum absolute atomic E-state index is 12.2. The van der Waals surface area contributed by atoms with Gasteiger partial charge < -0.3 is 10.1 Å². The monoisotopic (exact) mass is 295 g/mol. The van der Waals surface area contributed by atoms with Gasteiger partial charge in [-0.2, -0.15) is 13.2 Å². The molecule has 1 fully saturated rings. The summed E-state index contributed by atoms with van der Waals surface area (Å²) in [7, 11) is 0. The molecule has 0 aromatic carbocycles. The van der Waals surface area contributed by atoms with Gasteiger partial charge in [-0.1, -0.05) is 39.5 Å². The molecule has 5 heteroatoms. The van der Waals surface area contributed by atoms with Gasteiger partial charge in [0, 0.05) is 6.04 Å². The van der Waals surface area contributed by atoms with E-state index in [1.165, 1.54) is 19.3 Å². The average Bonchev–Trinajstić information content (AvgIpc) is 2.41. The summed E-state index contributed by atoms with van der Waals surface area (Å²) in [6, 6.07) is 0.0579. The molecule has 0 radical (unpaired) electrons. The molecule has 0 aromatic heterocycles. The van der Waals surface area contributed by atoms with E-state index in [9.17, 15) is 13.2 Å². The van der Waals surface area contributed by atoms with Crippen molar-refractivity contribution in [3.63, 3.8) is 0 Å². The van der Waals surface area contributed by atoms with Gasteiger partial charge in [-0.15, -0.1) is 0 Å². The second-order valence-electron chi connectivity index (χ2n) is 5.81. The standard InChI is InChI=1S/C15H28F3NO/c1-3-9-19-14(10-20-11-15(16,17)18)13-8-6-5-7-12(13)4-2/h12-14,19H,3-11H2,1-2H3. The van der Waals surface area contributed by atoms with Crippen LogP contribution in [0.1, 0.15) is 52.4 Å². The molecule has 20 heavy (non-hydrogen) atoms. The molecule has 1 aliphatic rings. The van der Waals surface area contributed by atoms with Crippen molar-refractivity contribution in [1.29, 1.82) is 0 Å². The maximum atomic E-state index is 12.2. The molecule has 0 aromatic rings. The van der Waals surface area contributed by atoms with Gasteiger partial charge in [0.25, 0.3) is 0 Å². The SMILES string of the molecule is CCCNC(COCC(F)(F)F)C1CCCCC1CC. The normalized spacial score (nSPS) is 25.6. The number of hydrogen-bond acceptors (Lipinski definition) is 2. The van der Waals surface area contributed by atoms with Gasteiger partial charge in [-0.3, -0.25) is 0 Å². The fraction of sp³-hybridized carbons (Fsp3) is 1.00. The zero-order valence-corrected chi connectivity index (χ0v) is 12.6. The fourth-order valence-corrected chi connectivity index (χ4v) is 3.24. The quantitative estimate of drug-likeness (QED) is 0.726. The Kier molecular flexibility index (Phi) is 7.88. The van der Waals surface area contributed by atoms with Crippen molar-refractivity contribution in [2.24, 2.45) is 11.8 Å². The van der Waals surface area contributed by atoms with Crippen LogP contribution in [0.25, 0.3) is 0 Å². The summed E-state index contributed by atoms with van der Waals surface area (Å²) >= 11 is 0. The third-order valence-corrected chi connectivity index (χ3v) is 4.23. The Hall–Kier alpha value is -0.290. The molecule has 1 aliphatic carbocycles. The molecule has 120 valence electrons. The van der Waals surface area contributed by atoms with Gasteiger partial charge >= 0.3 is 6.18 Å². The van der Waals surface area contributed by atoms with E-state index in [0.29, 0.717) is 11.8 Å². The Morgan fingerprint density at radius 2 is 1.90 bits per heavy atom. The Labute approximate surface area is 120 Å². The summed E-state index contributed by atoms with van der Waals surface area (Å²) in [5.74, 6) is 1.07. The van der Waals surface area contributed by atoms with Crippen LogP contribution in [0.4, 0.5) is 13.2 Å². The molecule has 0 bridgehead atoms. The number of nitrogens with one attached hydrogen (secondary N) is 1. The Morgan fingerprint density at radius 3 is 2.50 bits per heavy atom. The molecule has 1 N–H and O–H groups in total. The van der Waals surface area contributed by atoms with Crippen molar-refractivity contribution in [2.45, 2.75) is 64.6 Å². The second-order valence-corrected chi connectivity index (χ2v) is 5.81. The van der Waals surface area contributed by atoms with Gasteiger partial charge in [0.15, 0.2) is 0 Å². The smallest absolute Gasteiger partial charge is 0.370 e. The summed E-state index contributed by atoms with van der Waals surface area (Å²) < 4.78 is 41.5. The molecule has 1 rings (SSSR count). The minimum atomic E-state index is -4.23. The van der Waals surface area contributed by atoms with E-state index in [2.05, 4.69) is 19.2 Å². The Bertz CT molecular complexity index is 258. The van der Waals surface area contributed by atoms with Crippen LogP contribution in [0.15, 0.2) is 0 Å².